The highest BCUT2D eigenvalue weighted by molar-refractivity contribution is 6.02. The van der Waals surface area contributed by atoms with Crippen molar-refractivity contribution in [3.8, 4) is 0 Å². The van der Waals surface area contributed by atoms with Gasteiger partial charge in [-0.25, -0.2) is 0 Å². The zero-order valence-corrected chi connectivity index (χ0v) is 17.1. The largest absolute Gasteiger partial charge is 0.455 e. The smallest absolute Gasteiger partial charge is 0.291 e. The minimum atomic E-state index is -0.224. The van der Waals surface area contributed by atoms with E-state index in [9.17, 15) is 4.79 Å². The number of aromatic nitrogens is 2. The molecule has 152 valence electrons. The SMILES string of the molecule is Cc1cc(C)n(Cc2cccc(NC(=O)c3ccc(CN4CCCCC4)o3)c2)n1. The molecular weight excluding hydrogens is 364 g/mol. The second kappa shape index (κ2) is 8.66. The van der Waals surface area contributed by atoms with E-state index in [1.807, 2.05) is 48.9 Å². The van der Waals surface area contributed by atoms with E-state index in [1.54, 1.807) is 6.07 Å². The summed E-state index contributed by atoms with van der Waals surface area (Å²) in [5.41, 5.74) is 3.96. The van der Waals surface area contributed by atoms with E-state index >= 15 is 0 Å². The number of aryl methyl sites for hydroxylation is 2. The molecule has 0 radical (unpaired) electrons. The molecule has 0 atom stereocenters. The summed E-state index contributed by atoms with van der Waals surface area (Å²) < 4.78 is 7.76. The molecule has 6 nitrogen and oxygen atoms in total. The third-order valence-electron chi connectivity index (χ3n) is 5.33. The van der Waals surface area contributed by atoms with Gasteiger partial charge in [0.1, 0.15) is 5.76 Å². The van der Waals surface area contributed by atoms with Crippen LogP contribution < -0.4 is 5.32 Å². The van der Waals surface area contributed by atoms with E-state index in [0.29, 0.717) is 12.3 Å². The van der Waals surface area contributed by atoms with Crippen LogP contribution in [0.25, 0.3) is 0 Å². The molecule has 1 saturated heterocycles. The van der Waals surface area contributed by atoms with Gasteiger partial charge in [0.15, 0.2) is 5.76 Å². The van der Waals surface area contributed by atoms with E-state index in [2.05, 4.69) is 21.4 Å². The zero-order chi connectivity index (χ0) is 20.2. The Bertz CT molecular complexity index is 982. The summed E-state index contributed by atoms with van der Waals surface area (Å²) in [6, 6.07) is 13.6. The number of hydrogen-bond donors (Lipinski definition) is 1. The van der Waals surface area contributed by atoms with Gasteiger partial charge in [-0.2, -0.15) is 5.10 Å². The Hall–Kier alpha value is -2.86. The highest BCUT2D eigenvalue weighted by atomic mass is 16.4. The van der Waals surface area contributed by atoms with E-state index in [0.717, 1.165) is 48.0 Å². The van der Waals surface area contributed by atoms with Crippen LogP contribution in [0.5, 0.6) is 0 Å². The summed E-state index contributed by atoms with van der Waals surface area (Å²) in [5, 5.41) is 7.45. The fraction of sp³-hybridized carbons (Fsp3) is 0.391. The van der Waals surface area contributed by atoms with E-state index in [1.165, 1.54) is 19.3 Å². The van der Waals surface area contributed by atoms with Crippen molar-refractivity contribution < 1.29 is 9.21 Å². The fourth-order valence-electron chi connectivity index (χ4n) is 3.87. The topological polar surface area (TPSA) is 63.3 Å². The number of carbonyl (C=O) groups excluding carboxylic acids is 1. The van der Waals surface area contributed by atoms with Gasteiger partial charge in [-0.3, -0.25) is 14.4 Å². The van der Waals surface area contributed by atoms with Crippen molar-refractivity contribution in [3.63, 3.8) is 0 Å². The van der Waals surface area contributed by atoms with Crippen LogP contribution in [0, 0.1) is 13.8 Å². The van der Waals surface area contributed by atoms with Crippen LogP contribution in [0.15, 0.2) is 46.9 Å². The number of amides is 1. The average Bonchev–Trinajstić information content (AvgIpc) is 3.29. The maximum Gasteiger partial charge on any atom is 0.291 e. The molecule has 0 aliphatic carbocycles. The highest BCUT2D eigenvalue weighted by Gasteiger charge is 2.15. The van der Waals surface area contributed by atoms with Crippen molar-refractivity contribution in [1.82, 2.24) is 14.7 Å². The number of anilines is 1. The number of likely N-dealkylation sites (tertiary alicyclic amines) is 1. The minimum absolute atomic E-state index is 0.224. The van der Waals surface area contributed by atoms with Gasteiger partial charge in [0.05, 0.1) is 18.8 Å². The van der Waals surface area contributed by atoms with Crippen LogP contribution >= 0.6 is 0 Å². The molecule has 0 unspecified atom stereocenters. The number of piperidine rings is 1. The van der Waals surface area contributed by atoms with Crippen LogP contribution in [0.2, 0.25) is 0 Å². The molecule has 1 amide bonds. The first-order valence-corrected chi connectivity index (χ1v) is 10.3. The second-order valence-corrected chi connectivity index (χ2v) is 7.84. The zero-order valence-electron chi connectivity index (χ0n) is 17.1. The van der Waals surface area contributed by atoms with Gasteiger partial charge in [0, 0.05) is 11.4 Å². The Morgan fingerprint density at radius 3 is 2.66 bits per heavy atom. The molecule has 1 fully saturated rings. The van der Waals surface area contributed by atoms with Crippen molar-refractivity contribution in [2.75, 3.05) is 18.4 Å². The quantitative estimate of drug-likeness (QED) is 0.676. The molecule has 1 aliphatic rings. The van der Waals surface area contributed by atoms with E-state index < -0.39 is 0 Å². The van der Waals surface area contributed by atoms with Gasteiger partial charge in [-0.1, -0.05) is 18.6 Å². The molecule has 2 aromatic heterocycles. The Morgan fingerprint density at radius 2 is 1.90 bits per heavy atom. The van der Waals surface area contributed by atoms with Gasteiger partial charge in [-0.15, -0.1) is 0 Å². The number of nitrogens with one attached hydrogen (secondary N) is 1. The molecule has 1 aliphatic heterocycles. The maximum absolute atomic E-state index is 12.6. The standard InChI is InChI=1S/C23H28N4O2/c1-17-13-18(2)27(25-17)15-19-7-6-8-20(14-19)24-23(28)22-10-9-21(29-22)16-26-11-4-3-5-12-26/h6-10,13-14H,3-5,11-12,15-16H2,1-2H3,(H,24,28). The van der Waals surface area contributed by atoms with Crippen LogP contribution in [0.4, 0.5) is 5.69 Å². The Labute approximate surface area is 171 Å². The Kier molecular flexibility index (Phi) is 5.81. The van der Waals surface area contributed by atoms with Gasteiger partial charge >= 0.3 is 0 Å². The lowest BCUT2D eigenvalue weighted by atomic mass is 10.1. The van der Waals surface area contributed by atoms with Crippen LogP contribution in [0.1, 0.15) is 52.5 Å². The van der Waals surface area contributed by atoms with Crippen molar-refractivity contribution in [3.05, 3.63) is 70.9 Å². The molecule has 4 rings (SSSR count). The predicted molar refractivity (Wildman–Crippen MR) is 113 cm³/mol. The molecule has 3 aromatic rings. The maximum atomic E-state index is 12.6. The number of furan rings is 1. The molecule has 1 N–H and O–H groups in total. The number of nitrogens with zero attached hydrogens (tertiary/aromatic N) is 3. The normalized spacial score (nSPS) is 14.8. The van der Waals surface area contributed by atoms with Crippen molar-refractivity contribution >= 4 is 11.6 Å². The average molecular weight is 393 g/mol. The summed E-state index contributed by atoms with van der Waals surface area (Å²) in [5.74, 6) is 0.967. The van der Waals surface area contributed by atoms with Crippen molar-refractivity contribution in [2.24, 2.45) is 0 Å². The highest BCUT2D eigenvalue weighted by Crippen LogP contribution is 2.18. The van der Waals surface area contributed by atoms with Gasteiger partial charge in [0.2, 0.25) is 0 Å². The summed E-state index contributed by atoms with van der Waals surface area (Å²) in [4.78, 5) is 15.0. The van der Waals surface area contributed by atoms with Crippen LogP contribution in [-0.2, 0) is 13.1 Å². The van der Waals surface area contributed by atoms with Crippen molar-refractivity contribution in [1.29, 1.82) is 0 Å². The van der Waals surface area contributed by atoms with E-state index in [-0.39, 0.29) is 5.91 Å². The lowest BCUT2D eigenvalue weighted by molar-refractivity contribution is 0.0992. The Balaban J connectivity index is 1.39. The lowest BCUT2D eigenvalue weighted by Gasteiger charge is -2.25. The second-order valence-electron chi connectivity index (χ2n) is 7.84. The first-order chi connectivity index (χ1) is 14.1. The van der Waals surface area contributed by atoms with Gasteiger partial charge in [0.25, 0.3) is 5.91 Å². The van der Waals surface area contributed by atoms with E-state index in [4.69, 9.17) is 4.42 Å². The number of carbonyl (C=O) groups is 1. The third-order valence-corrected chi connectivity index (χ3v) is 5.33. The molecule has 3 heterocycles. The lowest BCUT2D eigenvalue weighted by Crippen LogP contribution is -2.28. The molecule has 0 bridgehead atoms. The summed E-state index contributed by atoms with van der Waals surface area (Å²) in [6.45, 7) is 7.68. The first-order valence-electron chi connectivity index (χ1n) is 10.3. The monoisotopic (exact) mass is 392 g/mol. The number of benzene rings is 1. The molecule has 29 heavy (non-hydrogen) atoms. The van der Waals surface area contributed by atoms with Crippen molar-refractivity contribution in [2.45, 2.75) is 46.2 Å². The first kappa shape index (κ1) is 19.5. The molecular formula is C23H28N4O2. The molecule has 1 aromatic carbocycles. The van der Waals surface area contributed by atoms with Gasteiger partial charge < -0.3 is 9.73 Å². The number of rotatable bonds is 6. The summed E-state index contributed by atoms with van der Waals surface area (Å²) >= 11 is 0. The minimum Gasteiger partial charge on any atom is -0.455 e. The summed E-state index contributed by atoms with van der Waals surface area (Å²) in [7, 11) is 0. The van der Waals surface area contributed by atoms with Crippen LogP contribution in [0.3, 0.4) is 0 Å². The predicted octanol–water partition coefficient (Wildman–Crippen LogP) is 4.38. The van der Waals surface area contributed by atoms with Crippen LogP contribution in [-0.4, -0.2) is 33.7 Å². The molecule has 6 heteroatoms. The Morgan fingerprint density at radius 1 is 1.07 bits per heavy atom. The van der Waals surface area contributed by atoms with Gasteiger partial charge in [-0.05, 0) is 75.7 Å². The molecule has 0 spiro atoms. The third kappa shape index (κ3) is 4.95. The fourth-order valence-corrected chi connectivity index (χ4v) is 3.87. The summed E-state index contributed by atoms with van der Waals surface area (Å²) in [6.07, 6.45) is 3.78. The molecule has 0 saturated carbocycles. The number of hydrogen-bond acceptors (Lipinski definition) is 4.